The molecule has 9 nitrogen and oxygen atoms in total. The van der Waals surface area contributed by atoms with Gasteiger partial charge in [0, 0.05) is 19.1 Å². The smallest absolute Gasteiger partial charge is 0.261 e. The van der Waals surface area contributed by atoms with Crippen LogP contribution < -0.4 is 19.7 Å². The summed E-state index contributed by atoms with van der Waals surface area (Å²) < 4.78 is 54.9. The summed E-state index contributed by atoms with van der Waals surface area (Å²) in [4.78, 5) is 13.3. The van der Waals surface area contributed by atoms with Gasteiger partial charge in [-0.3, -0.25) is 9.52 Å². The summed E-state index contributed by atoms with van der Waals surface area (Å²) >= 11 is 6.32. The van der Waals surface area contributed by atoms with Crippen LogP contribution >= 0.6 is 11.6 Å². The number of anilines is 2. The molecule has 0 spiro atoms. The summed E-state index contributed by atoms with van der Waals surface area (Å²) in [5.41, 5.74) is 0.888. The van der Waals surface area contributed by atoms with Crippen LogP contribution in [0.15, 0.2) is 52.3 Å². The molecule has 4 rings (SSSR count). The molecule has 0 bridgehead atoms. The second-order valence-corrected chi connectivity index (χ2v) is 11.2. The predicted octanol–water partition coefficient (Wildman–Crippen LogP) is 1.52. The molecular formula is C19H21ClN4O5S2. The first kappa shape index (κ1) is 21.9. The zero-order valence-corrected chi connectivity index (χ0v) is 18.7. The van der Waals surface area contributed by atoms with E-state index in [2.05, 4.69) is 14.8 Å². The molecule has 0 unspecified atom stereocenters. The SMILES string of the molecule is O=C1CN(c2ccc(NS(=O)(=O)c3ccc(S(=O)(=O)NC4CC4)cc3)cc2Cl)CCN1. The molecule has 12 heteroatoms. The molecule has 2 fully saturated rings. The third-order valence-electron chi connectivity index (χ3n) is 4.92. The molecule has 1 aliphatic carbocycles. The molecule has 2 aromatic rings. The Hall–Kier alpha value is -2.34. The highest BCUT2D eigenvalue weighted by Gasteiger charge is 2.28. The lowest BCUT2D eigenvalue weighted by atomic mass is 10.2. The topological polar surface area (TPSA) is 125 Å². The Balaban J connectivity index is 1.49. The molecule has 0 radical (unpaired) electrons. The molecule has 3 N–H and O–H groups in total. The van der Waals surface area contributed by atoms with E-state index in [4.69, 9.17) is 11.6 Å². The minimum absolute atomic E-state index is 0.0105. The standard InChI is InChI=1S/C19H21ClN4O5S2/c20-17-11-14(3-8-18(17)24-10-9-21-19(25)12-24)23-31(28,29)16-6-4-15(5-7-16)30(26,27)22-13-1-2-13/h3-8,11,13,22-23H,1-2,9-10,12H2,(H,21,25). The molecule has 31 heavy (non-hydrogen) atoms. The van der Waals surface area contributed by atoms with E-state index >= 15 is 0 Å². The summed E-state index contributed by atoms with van der Waals surface area (Å²) in [5.74, 6) is -0.107. The van der Waals surface area contributed by atoms with Crippen molar-refractivity contribution in [2.75, 3.05) is 29.3 Å². The Labute approximate surface area is 185 Å². The number of carbonyl (C=O) groups excluding carboxylic acids is 1. The van der Waals surface area contributed by atoms with Gasteiger partial charge in [-0.2, -0.15) is 0 Å². The van der Waals surface area contributed by atoms with Gasteiger partial charge in [0.1, 0.15) is 0 Å². The Bertz CT molecular complexity index is 1210. The zero-order valence-electron chi connectivity index (χ0n) is 16.3. The van der Waals surface area contributed by atoms with Crippen LogP contribution in [0.2, 0.25) is 5.02 Å². The fraction of sp³-hybridized carbons (Fsp3) is 0.316. The van der Waals surface area contributed by atoms with Crippen molar-refractivity contribution >= 4 is 48.9 Å². The molecule has 1 saturated heterocycles. The van der Waals surface area contributed by atoms with Crippen molar-refractivity contribution in [1.29, 1.82) is 0 Å². The molecule has 1 amide bonds. The van der Waals surface area contributed by atoms with Gasteiger partial charge in [-0.15, -0.1) is 0 Å². The summed E-state index contributed by atoms with van der Waals surface area (Å²) in [7, 11) is -7.61. The molecule has 2 aromatic carbocycles. The van der Waals surface area contributed by atoms with Gasteiger partial charge in [0.25, 0.3) is 10.0 Å². The monoisotopic (exact) mass is 484 g/mol. The lowest BCUT2D eigenvalue weighted by Gasteiger charge is -2.29. The van der Waals surface area contributed by atoms with Gasteiger partial charge in [-0.1, -0.05) is 11.6 Å². The lowest BCUT2D eigenvalue weighted by molar-refractivity contribution is -0.120. The van der Waals surface area contributed by atoms with Gasteiger partial charge >= 0.3 is 0 Å². The van der Waals surface area contributed by atoms with E-state index in [1.165, 1.54) is 30.3 Å². The average molecular weight is 485 g/mol. The molecule has 1 aliphatic heterocycles. The number of piperazine rings is 1. The third kappa shape index (κ3) is 5.12. The molecule has 2 aliphatic rings. The van der Waals surface area contributed by atoms with Crippen LogP contribution in [0, 0.1) is 0 Å². The van der Waals surface area contributed by atoms with E-state index in [-0.39, 0.29) is 34.0 Å². The number of hydrogen-bond acceptors (Lipinski definition) is 6. The highest BCUT2D eigenvalue weighted by molar-refractivity contribution is 7.92. The number of rotatable bonds is 7. The average Bonchev–Trinajstić information content (AvgIpc) is 3.51. The van der Waals surface area contributed by atoms with E-state index < -0.39 is 20.0 Å². The minimum Gasteiger partial charge on any atom is -0.359 e. The van der Waals surface area contributed by atoms with Gasteiger partial charge < -0.3 is 10.2 Å². The summed E-state index contributed by atoms with van der Waals surface area (Å²) in [6.45, 7) is 1.28. The first-order chi connectivity index (χ1) is 14.6. The number of halogens is 1. The van der Waals surface area contributed by atoms with E-state index in [1.807, 2.05) is 4.90 Å². The predicted molar refractivity (Wildman–Crippen MR) is 117 cm³/mol. The van der Waals surface area contributed by atoms with Crippen LogP contribution in [-0.4, -0.2) is 48.4 Å². The first-order valence-electron chi connectivity index (χ1n) is 9.60. The maximum atomic E-state index is 12.7. The van der Waals surface area contributed by atoms with Crippen LogP contribution in [0.1, 0.15) is 12.8 Å². The Morgan fingerprint density at radius 3 is 2.19 bits per heavy atom. The van der Waals surface area contributed by atoms with Crippen LogP contribution in [0.3, 0.4) is 0 Å². The van der Waals surface area contributed by atoms with Gasteiger partial charge in [0.05, 0.1) is 32.7 Å². The fourth-order valence-corrected chi connectivity index (χ4v) is 5.83. The zero-order chi connectivity index (χ0) is 22.2. The van der Waals surface area contributed by atoms with Gasteiger partial charge in [-0.25, -0.2) is 21.6 Å². The number of sulfonamides is 2. The van der Waals surface area contributed by atoms with Crippen LogP contribution in [0.5, 0.6) is 0 Å². The molecular weight excluding hydrogens is 464 g/mol. The summed E-state index contributed by atoms with van der Waals surface area (Å²) in [6, 6.07) is 9.65. The molecule has 0 atom stereocenters. The quantitative estimate of drug-likeness (QED) is 0.547. The summed E-state index contributed by atoms with van der Waals surface area (Å²) in [5, 5.41) is 3.04. The maximum Gasteiger partial charge on any atom is 0.261 e. The Morgan fingerprint density at radius 1 is 0.968 bits per heavy atom. The van der Waals surface area contributed by atoms with E-state index in [0.717, 1.165) is 12.8 Å². The van der Waals surface area contributed by atoms with Crippen molar-refractivity contribution in [3.63, 3.8) is 0 Å². The van der Waals surface area contributed by atoms with Crippen molar-refractivity contribution in [3.05, 3.63) is 47.5 Å². The van der Waals surface area contributed by atoms with Crippen molar-refractivity contribution in [1.82, 2.24) is 10.0 Å². The number of nitrogens with zero attached hydrogens (tertiary/aromatic N) is 1. The second kappa shape index (κ2) is 8.30. The lowest BCUT2D eigenvalue weighted by Crippen LogP contribution is -2.47. The van der Waals surface area contributed by atoms with Gasteiger partial charge in [-0.05, 0) is 55.3 Å². The second-order valence-electron chi connectivity index (χ2n) is 7.41. The van der Waals surface area contributed by atoms with Crippen molar-refractivity contribution in [3.8, 4) is 0 Å². The van der Waals surface area contributed by atoms with E-state index in [9.17, 15) is 21.6 Å². The van der Waals surface area contributed by atoms with Gasteiger partial charge in [0.15, 0.2) is 0 Å². The van der Waals surface area contributed by atoms with Crippen LogP contribution in [0.25, 0.3) is 0 Å². The van der Waals surface area contributed by atoms with E-state index in [0.29, 0.717) is 23.8 Å². The number of amides is 1. The molecule has 1 heterocycles. The number of nitrogens with one attached hydrogen (secondary N) is 3. The van der Waals surface area contributed by atoms with Crippen molar-refractivity contribution in [2.24, 2.45) is 0 Å². The molecule has 1 saturated carbocycles. The normalized spacial score (nSPS) is 17.3. The highest BCUT2D eigenvalue weighted by atomic mass is 35.5. The van der Waals surface area contributed by atoms with Crippen LogP contribution in [0.4, 0.5) is 11.4 Å². The fourth-order valence-electron chi connectivity index (χ4n) is 3.17. The van der Waals surface area contributed by atoms with Crippen LogP contribution in [-0.2, 0) is 24.8 Å². The van der Waals surface area contributed by atoms with Gasteiger partial charge in [0.2, 0.25) is 15.9 Å². The maximum absolute atomic E-state index is 12.7. The number of hydrogen-bond donors (Lipinski definition) is 3. The number of benzene rings is 2. The minimum atomic E-state index is -3.95. The largest absolute Gasteiger partial charge is 0.359 e. The Kier molecular flexibility index (Phi) is 5.86. The first-order valence-corrected chi connectivity index (χ1v) is 12.9. The third-order valence-corrected chi connectivity index (χ3v) is 8.16. The number of carbonyl (C=O) groups is 1. The molecule has 0 aromatic heterocycles. The Morgan fingerprint density at radius 2 is 1.61 bits per heavy atom. The van der Waals surface area contributed by atoms with E-state index in [1.54, 1.807) is 12.1 Å². The highest BCUT2D eigenvalue weighted by Crippen LogP contribution is 2.30. The molecule has 166 valence electrons. The van der Waals surface area contributed by atoms with Crippen molar-refractivity contribution < 1.29 is 21.6 Å². The summed E-state index contributed by atoms with van der Waals surface area (Å²) in [6.07, 6.45) is 1.61. The van der Waals surface area contributed by atoms with Crippen molar-refractivity contribution in [2.45, 2.75) is 28.7 Å².